The summed E-state index contributed by atoms with van der Waals surface area (Å²) in [6, 6.07) is 5.04. The third kappa shape index (κ3) is 2.23. The Bertz CT molecular complexity index is 199. The lowest BCUT2D eigenvalue weighted by Gasteiger charge is -1.85. The van der Waals surface area contributed by atoms with Gasteiger partial charge in [0.1, 0.15) is 0 Å². The Labute approximate surface area is 57.5 Å². The minimum atomic E-state index is -0.799. The van der Waals surface area contributed by atoms with Gasteiger partial charge in [0.15, 0.2) is 11.6 Å². The van der Waals surface area contributed by atoms with E-state index >= 15 is 0 Å². The summed E-state index contributed by atoms with van der Waals surface area (Å²) in [5.41, 5.74) is 0. The molecule has 0 radical (unpaired) electrons. The first-order valence-corrected chi connectivity index (χ1v) is 2.46. The number of nitrogens with zero attached hydrogens (tertiary/aromatic N) is 1. The molecule has 3 heteroatoms. The van der Waals surface area contributed by atoms with Crippen LogP contribution in [0.2, 0.25) is 0 Å². The van der Waals surface area contributed by atoms with E-state index in [-0.39, 0.29) is 0 Å². The first-order chi connectivity index (χ1) is 4.80. The van der Waals surface area contributed by atoms with E-state index in [1.54, 1.807) is 0 Å². The molecule has 0 N–H and O–H groups in total. The van der Waals surface area contributed by atoms with Gasteiger partial charge in [-0.05, 0) is 12.1 Å². The van der Waals surface area contributed by atoms with Crippen molar-refractivity contribution in [2.45, 2.75) is 0 Å². The number of nitriles is 1. The highest BCUT2D eigenvalue weighted by Gasteiger charge is 1.93. The third-order valence-electron chi connectivity index (χ3n) is 0.824. The van der Waals surface area contributed by atoms with E-state index in [1.807, 2.05) is 0 Å². The van der Waals surface area contributed by atoms with Crippen LogP contribution >= 0.6 is 0 Å². The molecule has 0 spiro atoms. The first kappa shape index (κ1) is 8.57. The van der Waals surface area contributed by atoms with Gasteiger partial charge in [-0.1, -0.05) is 12.1 Å². The van der Waals surface area contributed by atoms with Crippen LogP contribution < -0.4 is 0 Å². The fraction of sp³-hybridized carbons (Fsp3) is 0. The van der Waals surface area contributed by atoms with Gasteiger partial charge in [0.25, 0.3) is 0 Å². The molecule has 0 saturated carbocycles. The predicted molar refractivity (Wildman–Crippen MR) is 33.0 cm³/mol. The zero-order valence-electron chi connectivity index (χ0n) is 5.09. The summed E-state index contributed by atoms with van der Waals surface area (Å²) in [6.07, 6.45) is 0. The molecule has 0 unspecified atom stereocenters. The zero-order chi connectivity index (χ0) is 7.98. The summed E-state index contributed by atoms with van der Waals surface area (Å²) in [5.74, 6) is -1.60. The van der Waals surface area contributed by atoms with Crippen molar-refractivity contribution in [3.8, 4) is 6.57 Å². The maximum absolute atomic E-state index is 11.9. The van der Waals surface area contributed by atoms with E-state index in [2.05, 4.69) is 6.57 Å². The fourth-order valence-electron chi connectivity index (χ4n) is 0.439. The molecule has 0 aromatic heterocycles. The lowest BCUT2D eigenvalue weighted by atomic mass is 10.3. The SMILES string of the molecule is C#N.Fc1ccccc1F. The van der Waals surface area contributed by atoms with Crippen LogP contribution in [0.4, 0.5) is 8.78 Å². The van der Waals surface area contributed by atoms with Crippen LogP contribution in [0.15, 0.2) is 24.3 Å². The van der Waals surface area contributed by atoms with Gasteiger partial charge in [0.05, 0.1) is 0 Å². The lowest BCUT2D eigenvalue weighted by molar-refractivity contribution is 0.508. The molecule has 0 amide bonds. The summed E-state index contributed by atoms with van der Waals surface area (Å²) in [5, 5.41) is 6.50. The molecule has 0 fully saturated rings. The van der Waals surface area contributed by atoms with E-state index < -0.39 is 11.6 Å². The predicted octanol–water partition coefficient (Wildman–Crippen LogP) is 2.10. The second kappa shape index (κ2) is 4.45. The molecule has 0 heterocycles. The van der Waals surface area contributed by atoms with E-state index in [9.17, 15) is 8.78 Å². The molecule has 0 atom stereocenters. The quantitative estimate of drug-likeness (QED) is 0.542. The van der Waals surface area contributed by atoms with Crippen molar-refractivity contribution < 1.29 is 8.78 Å². The number of hydrogen-bond acceptors (Lipinski definition) is 1. The summed E-state index contributed by atoms with van der Waals surface area (Å²) >= 11 is 0. The van der Waals surface area contributed by atoms with Crippen molar-refractivity contribution in [1.29, 1.82) is 5.26 Å². The average Bonchev–Trinajstić information content (AvgIpc) is 2.00. The van der Waals surface area contributed by atoms with Crippen molar-refractivity contribution in [3.63, 3.8) is 0 Å². The molecule has 1 nitrogen and oxygen atoms in total. The topological polar surface area (TPSA) is 23.8 Å². The molecule has 0 aliphatic heterocycles. The Morgan fingerprint density at radius 3 is 1.50 bits per heavy atom. The van der Waals surface area contributed by atoms with E-state index in [4.69, 9.17) is 5.26 Å². The Kier molecular flexibility index (Phi) is 3.81. The highest BCUT2D eigenvalue weighted by Crippen LogP contribution is 2.01. The van der Waals surface area contributed by atoms with Gasteiger partial charge in [-0.2, -0.15) is 0 Å². The summed E-state index contributed by atoms with van der Waals surface area (Å²) in [4.78, 5) is 0. The molecule has 1 aromatic carbocycles. The number of rotatable bonds is 0. The second-order valence-corrected chi connectivity index (χ2v) is 1.41. The van der Waals surface area contributed by atoms with Crippen LogP contribution in [0, 0.1) is 23.5 Å². The standard InChI is InChI=1S/C6H4F2.CHN/c7-5-3-1-2-4-6(5)8;1-2/h1-4H;1H. The van der Waals surface area contributed by atoms with Crippen LogP contribution in [0.5, 0.6) is 0 Å². The molecule has 0 bridgehead atoms. The zero-order valence-corrected chi connectivity index (χ0v) is 5.09. The fourth-order valence-corrected chi connectivity index (χ4v) is 0.439. The molecule has 0 aliphatic carbocycles. The highest BCUT2D eigenvalue weighted by molar-refractivity contribution is 5.05. The summed E-state index contributed by atoms with van der Waals surface area (Å²) in [7, 11) is 0. The Hall–Kier alpha value is -1.43. The van der Waals surface area contributed by atoms with Gasteiger partial charge in [-0.25, -0.2) is 14.0 Å². The summed E-state index contributed by atoms with van der Waals surface area (Å²) < 4.78 is 23.9. The largest absolute Gasteiger partial charge is 0.204 e. The van der Waals surface area contributed by atoms with Crippen LogP contribution in [-0.2, 0) is 0 Å². The molecular weight excluding hydrogens is 136 g/mol. The highest BCUT2D eigenvalue weighted by atomic mass is 19.2. The van der Waals surface area contributed by atoms with Crippen molar-refractivity contribution in [2.24, 2.45) is 0 Å². The normalized spacial score (nSPS) is 7.60. The van der Waals surface area contributed by atoms with E-state index in [1.165, 1.54) is 12.1 Å². The maximum Gasteiger partial charge on any atom is 0.158 e. The van der Waals surface area contributed by atoms with Crippen LogP contribution in [0.1, 0.15) is 0 Å². The average molecular weight is 141 g/mol. The number of hydrogen-bond donors (Lipinski definition) is 0. The second-order valence-electron chi connectivity index (χ2n) is 1.41. The molecule has 1 rings (SSSR count). The van der Waals surface area contributed by atoms with Crippen LogP contribution in [-0.4, -0.2) is 0 Å². The molecule has 0 aliphatic rings. The van der Waals surface area contributed by atoms with Crippen molar-refractivity contribution in [2.75, 3.05) is 0 Å². The molecule has 1 aromatic rings. The Balaban J connectivity index is 0.000000371. The van der Waals surface area contributed by atoms with Crippen LogP contribution in [0.25, 0.3) is 0 Å². The Morgan fingerprint density at radius 1 is 1.00 bits per heavy atom. The van der Waals surface area contributed by atoms with E-state index in [0.29, 0.717) is 0 Å². The van der Waals surface area contributed by atoms with Gasteiger partial charge in [-0.15, -0.1) is 0 Å². The maximum atomic E-state index is 11.9. The lowest BCUT2D eigenvalue weighted by Crippen LogP contribution is -1.77. The minimum Gasteiger partial charge on any atom is -0.204 e. The van der Waals surface area contributed by atoms with Gasteiger partial charge < -0.3 is 0 Å². The summed E-state index contributed by atoms with van der Waals surface area (Å²) in [6.45, 7) is 3.50. The van der Waals surface area contributed by atoms with Gasteiger partial charge in [0, 0.05) is 6.57 Å². The van der Waals surface area contributed by atoms with E-state index in [0.717, 1.165) is 12.1 Å². The number of benzene rings is 1. The van der Waals surface area contributed by atoms with Crippen molar-refractivity contribution in [1.82, 2.24) is 0 Å². The molecule has 52 valence electrons. The smallest absolute Gasteiger partial charge is 0.158 e. The van der Waals surface area contributed by atoms with Crippen molar-refractivity contribution in [3.05, 3.63) is 35.9 Å². The minimum absolute atomic E-state index is 0.799. The first-order valence-electron chi connectivity index (χ1n) is 2.46. The van der Waals surface area contributed by atoms with Gasteiger partial charge >= 0.3 is 0 Å². The monoisotopic (exact) mass is 141 g/mol. The van der Waals surface area contributed by atoms with Gasteiger partial charge in [0.2, 0.25) is 0 Å². The number of halogens is 2. The molecular formula is C7H5F2N. The molecule has 0 saturated heterocycles. The van der Waals surface area contributed by atoms with Gasteiger partial charge in [-0.3, -0.25) is 0 Å². The van der Waals surface area contributed by atoms with Crippen molar-refractivity contribution >= 4 is 0 Å². The van der Waals surface area contributed by atoms with Crippen LogP contribution in [0.3, 0.4) is 0 Å². The Morgan fingerprint density at radius 2 is 1.30 bits per heavy atom. The molecule has 10 heavy (non-hydrogen) atoms. The third-order valence-corrected chi connectivity index (χ3v) is 0.824.